The second kappa shape index (κ2) is 5.68. The van der Waals surface area contributed by atoms with Crippen molar-refractivity contribution < 1.29 is 5.11 Å². The van der Waals surface area contributed by atoms with E-state index in [4.69, 9.17) is 5.11 Å². The Balaban J connectivity index is 2.63. The molecule has 1 rings (SSSR count). The fourth-order valence-electron chi connectivity index (χ4n) is 1.29. The van der Waals surface area contributed by atoms with Crippen LogP contribution in [-0.4, -0.2) is 41.7 Å². The number of hydrogen-bond donors (Lipinski definition) is 2. The summed E-state index contributed by atoms with van der Waals surface area (Å²) < 4.78 is 0. The normalized spacial score (nSPS) is 12.9. The van der Waals surface area contributed by atoms with E-state index in [-0.39, 0.29) is 12.6 Å². The molecule has 0 aromatic carbocycles. The lowest BCUT2D eigenvalue weighted by Crippen LogP contribution is -2.31. The van der Waals surface area contributed by atoms with E-state index in [2.05, 4.69) is 15.2 Å². The Morgan fingerprint density at radius 1 is 1.60 bits per heavy atom. The van der Waals surface area contributed by atoms with E-state index in [1.807, 2.05) is 33.2 Å². The van der Waals surface area contributed by atoms with Gasteiger partial charge in [-0.1, -0.05) is 0 Å². The Hall–Kier alpha value is -1.13. The lowest BCUT2D eigenvalue weighted by atomic mass is 10.2. The monoisotopic (exact) mass is 209 g/mol. The van der Waals surface area contributed by atoms with Gasteiger partial charge in [-0.05, 0) is 31.7 Å². The van der Waals surface area contributed by atoms with Gasteiger partial charge >= 0.3 is 0 Å². The molecule has 0 bridgehead atoms. The summed E-state index contributed by atoms with van der Waals surface area (Å²) in [5, 5.41) is 12.0. The number of aliphatic hydroxyl groups excluding tert-OH is 1. The van der Waals surface area contributed by atoms with E-state index in [9.17, 15) is 0 Å². The molecule has 1 aromatic heterocycles. The fraction of sp³-hybridized carbons (Fsp3) is 0.545. The number of aliphatic hydroxyl groups is 1. The van der Waals surface area contributed by atoms with Gasteiger partial charge in [-0.15, -0.1) is 0 Å². The number of pyridine rings is 1. The molecule has 0 saturated heterocycles. The number of hydrogen-bond acceptors (Lipinski definition) is 4. The molecule has 4 heteroatoms. The Labute approximate surface area is 90.9 Å². The number of nitrogens with zero attached hydrogens (tertiary/aromatic N) is 2. The van der Waals surface area contributed by atoms with E-state index in [0.717, 1.165) is 12.4 Å². The Morgan fingerprint density at radius 2 is 2.33 bits per heavy atom. The van der Waals surface area contributed by atoms with Crippen LogP contribution in [0.2, 0.25) is 0 Å². The molecule has 0 aliphatic carbocycles. The zero-order chi connectivity index (χ0) is 11.3. The minimum Gasteiger partial charge on any atom is -0.395 e. The molecule has 0 saturated carbocycles. The molecule has 0 aliphatic rings. The van der Waals surface area contributed by atoms with Crippen LogP contribution in [0.15, 0.2) is 18.3 Å². The van der Waals surface area contributed by atoms with Crippen LogP contribution in [0.25, 0.3) is 0 Å². The number of aromatic nitrogens is 1. The fourth-order valence-corrected chi connectivity index (χ4v) is 1.29. The van der Waals surface area contributed by atoms with Crippen LogP contribution >= 0.6 is 0 Å². The average molecular weight is 209 g/mol. The largest absolute Gasteiger partial charge is 0.395 e. The maximum Gasteiger partial charge on any atom is 0.125 e. The molecule has 4 nitrogen and oxygen atoms in total. The quantitative estimate of drug-likeness (QED) is 0.757. The van der Waals surface area contributed by atoms with Crippen LogP contribution < -0.4 is 5.32 Å². The third kappa shape index (κ3) is 3.49. The zero-order valence-corrected chi connectivity index (χ0v) is 9.57. The Bertz CT molecular complexity index is 304. The smallest absolute Gasteiger partial charge is 0.125 e. The SMILES string of the molecule is CNc1cc(CN(C)C(C)CO)ccn1. The van der Waals surface area contributed by atoms with Crippen LogP contribution in [-0.2, 0) is 6.54 Å². The second-order valence-corrected chi connectivity index (χ2v) is 3.75. The highest BCUT2D eigenvalue weighted by molar-refractivity contribution is 5.36. The van der Waals surface area contributed by atoms with Crippen molar-refractivity contribution in [1.29, 1.82) is 0 Å². The summed E-state index contributed by atoms with van der Waals surface area (Å²) in [5.74, 6) is 0.873. The molecular formula is C11H19N3O. The highest BCUT2D eigenvalue weighted by Crippen LogP contribution is 2.09. The lowest BCUT2D eigenvalue weighted by Gasteiger charge is -2.22. The van der Waals surface area contributed by atoms with E-state index in [0.29, 0.717) is 0 Å². The third-order valence-electron chi connectivity index (χ3n) is 2.53. The summed E-state index contributed by atoms with van der Waals surface area (Å²) in [6.07, 6.45) is 1.79. The summed E-state index contributed by atoms with van der Waals surface area (Å²) in [6, 6.07) is 4.18. The van der Waals surface area contributed by atoms with Gasteiger partial charge in [-0.2, -0.15) is 0 Å². The van der Waals surface area contributed by atoms with Gasteiger partial charge in [0.2, 0.25) is 0 Å². The molecule has 2 N–H and O–H groups in total. The molecule has 1 unspecified atom stereocenters. The molecule has 0 fully saturated rings. The maximum absolute atomic E-state index is 9.02. The minimum absolute atomic E-state index is 0.177. The van der Waals surface area contributed by atoms with Crippen LogP contribution in [0.1, 0.15) is 12.5 Å². The highest BCUT2D eigenvalue weighted by Gasteiger charge is 2.08. The summed E-state index contributed by atoms with van der Waals surface area (Å²) >= 11 is 0. The van der Waals surface area contributed by atoms with E-state index in [1.54, 1.807) is 6.20 Å². The average Bonchev–Trinajstić information content (AvgIpc) is 2.28. The standard InChI is InChI=1S/C11H19N3O/c1-9(8-15)14(3)7-10-4-5-13-11(6-10)12-2/h4-6,9,15H,7-8H2,1-3H3,(H,12,13). The van der Waals surface area contributed by atoms with E-state index >= 15 is 0 Å². The first-order chi connectivity index (χ1) is 7.17. The molecule has 0 spiro atoms. The summed E-state index contributed by atoms with van der Waals surface area (Å²) in [6.45, 7) is 3.00. The predicted octanol–water partition coefficient (Wildman–Crippen LogP) is 0.936. The highest BCUT2D eigenvalue weighted by atomic mass is 16.3. The maximum atomic E-state index is 9.02. The first-order valence-electron chi connectivity index (χ1n) is 5.11. The topological polar surface area (TPSA) is 48.4 Å². The molecular weight excluding hydrogens is 190 g/mol. The van der Waals surface area contributed by atoms with Crippen LogP contribution in [0.5, 0.6) is 0 Å². The zero-order valence-electron chi connectivity index (χ0n) is 9.57. The van der Waals surface area contributed by atoms with E-state index < -0.39 is 0 Å². The minimum atomic E-state index is 0.177. The Kier molecular flexibility index (Phi) is 4.52. The van der Waals surface area contributed by atoms with Gasteiger partial charge < -0.3 is 10.4 Å². The van der Waals surface area contributed by atoms with Crippen molar-refractivity contribution in [1.82, 2.24) is 9.88 Å². The first-order valence-corrected chi connectivity index (χ1v) is 5.11. The van der Waals surface area contributed by atoms with Crippen molar-refractivity contribution >= 4 is 5.82 Å². The Morgan fingerprint density at radius 3 is 2.93 bits per heavy atom. The number of likely N-dealkylation sites (N-methyl/N-ethyl adjacent to an activating group) is 1. The third-order valence-corrected chi connectivity index (χ3v) is 2.53. The summed E-state index contributed by atoms with van der Waals surface area (Å²) in [5.41, 5.74) is 1.19. The van der Waals surface area contributed by atoms with E-state index in [1.165, 1.54) is 5.56 Å². The number of anilines is 1. The van der Waals surface area contributed by atoms with Gasteiger partial charge in [-0.25, -0.2) is 4.98 Å². The van der Waals surface area contributed by atoms with Crippen molar-refractivity contribution in [2.45, 2.75) is 19.5 Å². The molecule has 84 valence electrons. The van der Waals surface area contributed by atoms with Gasteiger partial charge in [0.25, 0.3) is 0 Å². The van der Waals surface area contributed by atoms with Gasteiger partial charge in [0.1, 0.15) is 5.82 Å². The number of rotatable bonds is 5. The summed E-state index contributed by atoms with van der Waals surface area (Å²) in [7, 11) is 3.85. The molecule has 15 heavy (non-hydrogen) atoms. The molecule has 0 amide bonds. The van der Waals surface area contributed by atoms with Crippen molar-refractivity contribution in [3.05, 3.63) is 23.9 Å². The van der Waals surface area contributed by atoms with Gasteiger partial charge in [-0.3, -0.25) is 4.90 Å². The van der Waals surface area contributed by atoms with Crippen LogP contribution in [0, 0.1) is 0 Å². The first kappa shape index (κ1) is 11.9. The summed E-state index contributed by atoms with van der Waals surface area (Å²) in [4.78, 5) is 6.26. The molecule has 1 aromatic rings. The van der Waals surface area contributed by atoms with Gasteiger partial charge in [0, 0.05) is 25.8 Å². The van der Waals surface area contributed by atoms with Gasteiger partial charge in [0.05, 0.1) is 6.61 Å². The van der Waals surface area contributed by atoms with Crippen molar-refractivity contribution in [3.8, 4) is 0 Å². The van der Waals surface area contributed by atoms with Crippen molar-refractivity contribution in [3.63, 3.8) is 0 Å². The molecule has 1 heterocycles. The van der Waals surface area contributed by atoms with Crippen molar-refractivity contribution in [2.24, 2.45) is 0 Å². The molecule has 1 atom stereocenters. The predicted molar refractivity (Wildman–Crippen MR) is 61.8 cm³/mol. The molecule has 0 aliphatic heterocycles. The van der Waals surface area contributed by atoms with Gasteiger partial charge in [0.15, 0.2) is 0 Å². The van der Waals surface area contributed by atoms with Crippen LogP contribution in [0.4, 0.5) is 5.82 Å². The van der Waals surface area contributed by atoms with Crippen LogP contribution in [0.3, 0.4) is 0 Å². The van der Waals surface area contributed by atoms with Crippen molar-refractivity contribution in [2.75, 3.05) is 26.0 Å². The number of nitrogens with one attached hydrogen (secondary N) is 1. The second-order valence-electron chi connectivity index (χ2n) is 3.75. The lowest BCUT2D eigenvalue weighted by molar-refractivity contribution is 0.154. The molecule has 0 radical (unpaired) electrons.